The van der Waals surface area contributed by atoms with E-state index < -0.39 is 18.1 Å². The molecule has 0 aromatic carbocycles. The molecule has 3 aromatic heterocycles. The molecule has 1 fully saturated rings. The Kier molecular flexibility index (Phi) is 5.98. The van der Waals surface area contributed by atoms with Gasteiger partial charge >= 0.3 is 6.18 Å². The second-order valence-corrected chi connectivity index (χ2v) is 7.55. The summed E-state index contributed by atoms with van der Waals surface area (Å²) in [5.74, 6) is -0.149. The number of aromatic nitrogens is 5. The fraction of sp³-hybridized carbons (Fsp3) is 0.389. The van der Waals surface area contributed by atoms with Gasteiger partial charge in [0.15, 0.2) is 16.6 Å². The van der Waals surface area contributed by atoms with Crippen LogP contribution in [-0.2, 0) is 4.74 Å². The summed E-state index contributed by atoms with van der Waals surface area (Å²) < 4.78 is 45.9. The van der Waals surface area contributed by atoms with E-state index in [0.29, 0.717) is 26.3 Å². The minimum atomic E-state index is -4.47. The van der Waals surface area contributed by atoms with Gasteiger partial charge in [-0.1, -0.05) is 6.07 Å². The molecule has 1 saturated heterocycles. The Labute approximate surface area is 179 Å². The van der Waals surface area contributed by atoms with E-state index in [0.717, 1.165) is 29.2 Å². The zero-order valence-electron chi connectivity index (χ0n) is 16.4. The van der Waals surface area contributed by atoms with Gasteiger partial charge in [0, 0.05) is 24.7 Å². The van der Waals surface area contributed by atoms with Crippen LogP contribution in [0.5, 0.6) is 0 Å². The highest BCUT2D eigenvalue weighted by atomic mass is 32.1. The highest BCUT2D eigenvalue weighted by Gasteiger charge is 2.39. The Morgan fingerprint density at radius 1 is 1.29 bits per heavy atom. The Morgan fingerprint density at radius 3 is 2.74 bits per heavy atom. The van der Waals surface area contributed by atoms with E-state index in [1.165, 1.54) is 11.2 Å². The number of pyridine rings is 1. The molecule has 9 nitrogen and oxygen atoms in total. The van der Waals surface area contributed by atoms with Crippen LogP contribution in [0.15, 0.2) is 36.1 Å². The molecular formula is C18H18F3N7O2S. The standard InChI is InChI=1S/C18H18F3N7O2S/c1-12(18(19,20)21)27-11-23-25-15(27)16-24-14(10-31-16)28(26-6-8-30-9-7-26)17(29)13-4-2-3-5-22-13/h2-5,10-12H,6-9H2,1H3. The number of ether oxygens (including phenoxy) is 1. The molecule has 3 aromatic rings. The number of morpholine rings is 1. The minimum absolute atomic E-state index is 0.0201. The van der Waals surface area contributed by atoms with Gasteiger partial charge in [-0.05, 0) is 19.1 Å². The van der Waals surface area contributed by atoms with Crippen LogP contribution in [0.25, 0.3) is 10.8 Å². The lowest BCUT2D eigenvalue weighted by atomic mass is 10.3. The molecule has 0 radical (unpaired) electrons. The summed E-state index contributed by atoms with van der Waals surface area (Å²) in [6.07, 6.45) is -1.93. The van der Waals surface area contributed by atoms with E-state index in [4.69, 9.17) is 4.74 Å². The number of anilines is 1. The van der Waals surface area contributed by atoms with Crippen molar-refractivity contribution >= 4 is 23.1 Å². The number of alkyl halides is 3. The van der Waals surface area contributed by atoms with E-state index in [1.54, 1.807) is 28.6 Å². The largest absolute Gasteiger partial charge is 0.408 e. The van der Waals surface area contributed by atoms with Crippen LogP contribution in [0, 0.1) is 0 Å². The van der Waals surface area contributed by atoms with Crippen molar-refractivity contribution in [1.29, 1.82) is 0 Å². The number of hydrazine groups is 1. The van der Waals surface area contributed by atoms with Crippen molar-refractivity contribution in [3.8, 4) is 10.8 Å². The summed E-state index contributed by atoms with van der Waals surface area (Å²) in [7, 11) is 0. The summed E-state index contributed by atoms with van der Waals surface area (Å²) >= 11 is 1.08. The maximum absolute atomic E-state index is 13.2. The van der Waals surface area contributed by atoms with E-state index in [-0.39, 0.29) is 22.3 Å². The molecule has 4 heterocycles. The second kappa shape index (κ2) is 8.69. The topological polar surface area (TPSA) is 89.3 Å². The Bertz CT molecular complexity index is 1030. The fourth-order valence-electron chi connectivity index (χ4n) is 3.03. The molecule has 1 unspecified atom stereocenters. The third-order valence-electron chi connectivity index (χ3n) is 4.71. The van der Waals surface area contributed by atoms with E-state index in [9.17, 15) is 18.0 Å². The van der Waals surface area contributed by atoms with Crippen molar-refractivity contribution in [1.82, 2.24) is 29.7 Å². The summed E-state index contributed by atoms with van der Waals surface area (Å²) in [4.78, 5) is 21.7. The first kappa shape index (κ1) is 21.3. The molecule has 1 amide bonds. The van der Waals surface area contributed by atoms with Crippen LogP contribution in [0.2, 0.25) is 0 Å². The molecule has 13 heteroatoms. The van der Waals surface area contributed by atoms with Crippen LogP contribution < -0.4 is 5.01 Å². The monoisotopic (exact) mass is 453 g/mol. The maximum Gasteiger partial charge on any atom is 0.408 e. The van der Waals surface area contributed by atoms with Crippen LogP contribution >= 0.6 is 11.3 Å². The molecule has 0 spiro atoms. The Hall–Kier alpha value is -2.90. The number of nitrogens with zero attached hydrogens (tertiary/aromatic N) is 7. The number of hydrogen-bond acceptors (Lipinski definition) is 8. The van der Waals surface area contributed by atoms with E-state index >= 15 is 0 Å². The smallest absolute Gasteiger partial charge is 0.379 e. The van der Waals surface area contributed by atoms with Gasteiger partial charge < -0.3 is 4.74 Å². The third kappa shape index (κ3) is 4.43. The minimum Gasteiger partial charge on any atom is -0.379 e. The first-order valence-electron chi connectivity index (χ1n) is 9.36. The van der Waals surface area contributed by atoms with Gasteiger partial charge in [0.25, 0.3) is 5.91 Å². The number of carbonyl (C=O) groups is 1. The summed E-state index contributed by atoms with van der Waals surface area (Å²) in [6, 6.07) is 3.16. The number of halogens is 3. The summed E-state index contributed by atoms with van der Waals surface area (Å²) in [5.41, 5.74) is 0.220. The lowest BCUT2D eigenvalue weighted by molar-refractivity contribution is -0.162. The lowest BCUT2D eigenvalue weighted by Crippen LogP contribution is -2.52. The van der Waals surface area contributed by atoms with Crippen molar-refractivity contribution in [2.45, 2.75) is 19.1 Å². The van der Waals surface area contributed by atoms with Gasteiger partial charge in [-0.2, -0.15) is 13.2 Å². The highest BCUT2D eigenvalue weighted by molar-refractivity contribution is 7.13. The first-order valence-corrected chi connectivity index (χ1v) is 10.2. The van der Waals surface area contributed by atoms with Crippen LogP contribution in [0.1, 0.15) is 23.5 Å². The van der Waals surface area contributed by atoms with Gasteiger partial charge in [0.2, 0.25) is 0 Å². The zero-order chi connectivity index (χ0) is 22.0. The van der Waals surface area contributed by atoms with Gasteiger partial charge in [0.05, 0.1) is 13.2 Å². The Balaban J connectivity index is 1.69. The number of amides is 1. The Morgan fingerprint density at radius 2 is 2.06 bits per heavy atom. The van der Waals surface area contributed by atoms with Crippen molar-refractivity contribution in [3.05, 3.63) is 41.8 Å². The molecule has 0 N–H and O–H groups in total. The van der Waals surface area contributed by atoms with Crippen molar-refractivity contribution in [3.63, 3.8) is 0 Å². The van der Waals surface area contributed by atoms with Crippen LogP contribution in [0.3, 0.4) is 0 Å². The maximum atomic E-state index is 13.2. The van der Waals surface area contributed by atoms with Gasteiger partial charge in [0.1, 0.15) is 18.1 Å². The normalized spacial score (nSPS) is 16.3. The van der Waals surface area contributed by atoms with Crippen molar-refractivity contribution in [2.24, 2.45) is 0 Å². The van der Waals surface area contributed by atoms with Crippen molar-refractivity contribution in [2.75, 3.05) is 31.3 Å². The quantitative estimate of drug-likeness (QED) is 0.587. The van der Waals surface area contributed by atoms with Gasteiger partial charge in [-0.25, -0.2) is 15.0 Å². The number of hydrogen-bond donors (Lipinski definition) is 0. The van der Waals surface area contributed by atoms with Gasteiger partial charge in [-0.3, -0.25) is 14.3 Å². The molecule has 1 atom stereocenters. The predicted molar refractivity (Wildman–Crippen MR) is 105 cm³/mol. The SMILES string of the molecule is CC(n1cnnc1-c1nc(N(C(=O)c2ccccn2)N2CCOCC2)cs1)C(F)(F)F. The van der Waals surface area contributed by atoms with Crippen LogP contribution in [-0.4, -0.2) is 68.1 Å². The van der Waals surface area contributed by atoms with Crippen LogP contribution in [0.4, 0.5) is 19.0 Å². The van der Waals surface area contributed by atoms with E-state index in [1.807, 2.05) is 0 Å². The summed E-state index contributed by atoms with van der Waals surface area (Å²) in [6.45, 7) is 2.78. The number of carbonyl (C=O) groups excluding carboxylic acids is 1. The van der Waals surface area contributed by atoms with E-state index in [2.05, 4.69) is 20.2 Å². The third-order valence-corrected chi connectivity index (χ3v) is 5.54. The van der Waals surface area contributed by atoms with Gasteiger partial charge in [-0.15, -0.1) is 21.5 Å². The highest BCUT2D eigenvalue weighted by Crippen LogP contribution is 2.35. The first-order chi connectivity index (χ1) is 14.9. The lowest BCUT2D eigenvalue weighted by Gasteiger charge is -2.35. The molecule has 0 aliphatic carbocycles. The summed E-state index contributed by atoms with van der Waals surface area (Å²) in [5, 5.41) is 12.4. The molecular weight excluding hydrogens is 435 g/mol. The fourth-order valence-corrected chi connectivity index (χ4v) is 3.80. The molecule has 0 bridgehead atoms. The molecule has 0 saturated carbocycles. The molecule has 31 heavy (non-hydrogen) atoms. The molecule has 164 valence electrons. The molecule has 1 aliphatic rings. The second-order valence-electron chi connectivity index (χ2n) is 6.69. The molecule has 4 rings (SSSR count). The predicted octanol–water partition coefficient (Wildman–Crippen LogP) is 2.81. The average molecular weight is 453 g/mol. The number of thiazole rings is 1. The van der Waals surface area contributed by atoms with Crippen molar-refractivity contribution < 1.29 is 22.7 Å². The molecule has 1 aliphatic heterocycles. The number of rotatable bonds is 5. The average Bonchev–Trinajstić information content (AvgIpc) is 3.44. The zero-order valence-corrected chi connectivity index (χ0v) is 17.2.